The van der Waals surface area contributed by atoms with Gasteiger partial charge in [0.1, 0.15) is 0 Å². The molecule has 0 aromatic carbocycles. The lowest BCUT2D eigenvalue weighted by Gasteiger charge is -2.25. The summed E-state index contributed by atoms with van der Waals surface area (Å²) in [6.45, 7) is 3.20. The van der Waals surface area contributed by atoms with Gasteiger partial charge in [-0.15, -0.1) is 0 Å². The predicted molar refractivity (Wildman–Crippen MR) is 69.1 cm³/mol. The Morgan fingerprint density at radius 1 is 1.33 bits per heavy atom. The van der Waals surface area contributed by atoms with Crippen LogP contribution in [-0.2, 0) is 24.5 Å². The van der Waals surface area contributed by atoms with Gasteiger partial charge in [0, 0.05) is 6.20 Å². The molecular formula is C14H14N2O5. The molecule has 1 unspecified atom stereocenters. The molecule has 110 valence electrons. The second kappa shape index (κ2) is 5.40. The molecule has 1 aliphatic heterocycles. The van der Waals surface area contributed by atoms with Crippen LogP contribution >= 0.6 is 0 Å². The van der Waals surface area contributed by atoms with Crippen LogP contribution in [0, 0.1) is 17.2 Å². The lowest BCUT2D eigenvalue weighted by atomic mass is 9.75. The van der Waals surface area contributed by atoms with Crippen molar-refractivity contribution in [3.05, 3.63) is 24.0 Å². The highest BCUT2D eigenvalue weighted by molar-refractivity contribution is 6.14. The third kappa shape index (κ3) is 1.83. The Bertz CT molecular complexity index is 622. The molecule has 0 N–H and O–H groups in total. The Kier molecular flexibility index (Phi) is 3.80. The number of fused-ring (bicyclic) bond motifs is 1. The number of aromatic nitrogens is 1. The van der Waals surface area contributed by atoms with Crippen LogP contribution in [0.5, 0.6) is 0 Å². The fourth-order valence-electron chi connectivity index (χ4n) is 2.54. The molecule has 1 aromatic rings. The van der Waals surface area contributed by atoms with Crippen molar-refractivity contribution in [2.24, 2.45) is 5.92 Å². The Labute approximate surface area is 121 Å². The Morgan fingerprint density at radius 2 is 1.90 bits per heavy atom. The molecule has 1 aromatic heterocycles. The van der Waals surface area contributed by atoms with Crippen molar-refractivity contribution < 1.29 is 23.9 Å². The van der Waals surface area contributed by atoms with Gasteiger partial charge in [0.2, 0.25) is 11.3 Å². The molecule has 7 heteroatoms. The summed E-state index contributed by atoms with van der Waals surface area (Å²) in [4.78, 5) is 37.1. The predicted octanol–water partition coefficient (Wildman–Crippen LogP) is 0.646. The minimum atomic E-state index is -2.05. The molecule has 0 saturated heterocycles. The molecule has 0 bridgehead atoms. The van der Waals surface area contributed by atoms with Crippen molar-refractivity contribution in [2.45, 2.75) is 19.3 Å². The van der Waals surface area contributed by atoms with Crippen LogP contribution < -0.4 is 0 Å². The highest BCUT2D eigenvalue weighted by atomic mass is 16.6. The maximum absolute atomic E-state index is 12.4. The second-order valence-electron chi connectivity index (χ2n) is 4.41. The van der Waals surface area contributed by atoms with Gasteiger partial charge in [-0.2, -0.15) is 5.26 Å². The van der Waals surface area contributed by atoms with Crippen LogP contribution in [-0.4, -0.2) is 35.6 Å². The maximum Gasteiger partial charge on any atom is 0.331 e. The van der Waals surface area contributed by atoms with Crippen LogP contribution in [0.1, 0.15) is 24.3 Å². The molecule has 0 fully saturated rings. The first-order valence-electron chi connectivity index (χ1n) is 6.51. The summed E-state index contributed by atoms with van der Waals surface area (Å²) in [6, 6.07) is 4.71. The molecule has 0 radical (unpaired) electrons. The number of carbonyl (C=O) groups excluding carboxylic acids is 3. The fourth-order valence-corrected chi connectivity index (χ4v) is 2.54. The minimum Gasteiger partial charge on any atom is -0.465 e. The van der Waals surface area contributed by atoms with Crippen LogP contribution in [0.25, 0.3) is 0 Å². The van der Waals surface area contributed by atoms with Gasteiger partial charge in [-0.1, -0.05) is 0 Å². The van der Waals surface area contributed by atoms with Gasteiger partial charge in [0.05, 0.1) is 25.0 Å². The zero-order valence-electron chi connectivity index (χ0n) is 11.7. The number of hydrogen-bond donors (Lipinski definition) is 0. The SMILES string of the molecule is CCOC(=O)C1(C(=O)OCC)c2cccn2C(=O)C1C#N. The first-order valence-corrected chi connectivity index (χ1v) is 6.51. The smallest absolute Gasteiger partial charge is 0.331 e. The average Bonchev–Trinajstić information content (AvgIpc) is 3.00. The molecule has 0 saturated carbocycles. The van der Waals surface area contributed by atoms with E-state index in [1.165, 1.54) is 18.3 Å². The highest BCUT2D eigenvalue weighted by Gasteiger charge is 2.65. The Hall–Kier alpha value is -2.62. The van der Waals surface area contributed by atoms with Crippen LogP contribution in [0.15, 0.2) is 18.3 Å². The van der Waals surface area contributed by atoms with Crippen LogP contribution in [0.4, 0.5) is 0 Å². The number of nitrogens with zero attached hydrogens (tertiary/aromatic N) is 2. The van der Waals surface area contributed by atoms with Crippen molar-refractivity contribution in [1.29, 1.82) is 5.26 Å². The Morgan fingerprint density at radius 3 is 2.38 bits per heavy atom. The topological polar surface area (TPSA) is 98.4 Å². The molecule has 0 amide bonds. The van der Waals surface area contributed by atoms with Gasteiger partial charge in [-0.3, -0.25) is 19.0 Å². The average molecular weight is 290 g/mol. The fraction of sp³-hybridized carbons (Fsp3) is 0.429. The molecule has 1 atom stereocenters. The molecule has 1 aliphatic rings. The first-order chi connectivity index (χ1) is 10.0. The van der Waals surface area contributed by atoms with E-state index in [1.807, 2.05) is 0 Å². The quantitative estimate of drug-likeness (QED) is 0.596. The van der Waals surface area contributed by atoms with Crippen LogP contribution in [0.3, 0.4) is 0 Å². The first kappa shape index (κ1) is 14.8. The lowest BCUT2D eigenvalue weighted by Crippen LogP contribution is -2.50. The van der Waals surface area contributed by atoms with E-state index in [-0.39, 0.29) is 18.9 Å². The van der Waals surface area contributed by atoms with E-state index in [1.54, 1.807) is 19.9 Å². The normalized spacial score (nSPS) is 18.7. The maximum atomic E-state index is 12.4. The Balaban J connectivity index is 2.69. The van der Waals surface area contributed by atoms with Gasteiger partial charge >= 0.3 is 11.9 Å². The molecule has 0 aliphatic carbocycles. The van der Waals surface area contributed by atoms with E-state index in [9.17, 15) is 19.6 Å². The summed E-state index contributed by atoms with van der Waals surface area (Å²) < 4.78 is 11.0. The molecule has 7 nitrogen and oxygen atoms in total. The van der Waals surface area contributed by atoms with E-state index < -0.39 is 29.2 Å². The molecule has 2 heterocycles. The van der Waals surface area contributed by atoms with Gasteiger partial charge in [0.25, 0.3) is 0 Å². The lowest BCUT2D eigenvalue weighted by molar-refractivity contribution is -0.166. The van der Waals surface area contributed by atoms with E-state index in [0.29, 0.717) is 0 Å². The number of ether oxygens (including phenoxy) is 2. The number of esters is 2. The summed E-state index contributed by atoms with van der Waals surface area (Å²) in [7, 11) is 0. The monoisotopic (exact) mass is 290 g/mol. The number of rotatable bonds is 4. The van der Waals surface area contributed by atoms with Gasteiger partial charge in [0.15, 0.2) is 5.92 Å². The summed E-state index contributed by atoms with van der Waals surface area (Å²) in [5.74, 6) is -4.02. The van der Waals surface area contributed by atoms with E-state index in [2.05, 4.69) is 0 Å². The van der Waals surface area contributed by atoms with E-state index in [4.69, 9.17) is 9.47 Å². The van der Waals surface area contributed by atoms with E-state index >= 15 is 0 Å². The van der Waals surface area contributed by atoms with Crippen LogP contribution in [0.2, 0.25) is 0 Å². The standard InChI is InChI=1S/C14H14N2O5/c1-3-20-12(18)14(13(19)21-4-2)9(8-15)11(17)16-7-5-6-10(14)16/h5-7,9H,3-4H2,1-2H3. The number of carbonyl (C=O) groups is 3. The third-order valence-electron chi connectivity index (χ3n) is 3.39. The molecule has 21 heavy (non-hydrogen) atoms. The van der Waals surface area contributed by atoms with Crippen molar-refractivity contribution >= 4 is 17.8 Å². The molecule has 0 spiro atoms. The molecular weight excluding hydrogens is 276 g/mol. The third-order valence-corrected chi connectivity index (χ3v) is 3.39. The van der Waals surface area contributed by atoms with Crippen molar-refractivity contribution in [2.75, 3.05) is 13.2 Å². The minimum absolute atomic E-state index is 0.0209. The largest absolute Gasteiger partial charge is 0.465 e. The van der Waals surface area contributed by atoms with Gasteiger partial charge in [-0.05, 0) is 26.0 Å². The second-order valence-corrected chi connectivity index (χ2v) is 4.41. The molecule has 2 rings (SSSR count). The zero-order chi connectivity index (χ0) is 15.6. The van der Waals surface area contributed by atoms with E-state index in [0.717, 1.165) is 4.57 Å². The van der Waals surface area contributed by atoms with Crippen molar-refractivity contribution in [3.63, 3.8) is 0 Å². The zero-order valence-corrected chi connectivity index (χ0v) is 11.7. The highest BCUT2D eigenvalue weighted by Crippen LogP contribution is 2.42. The van der Waals surface area contributed by atoms with Crippen molar-refractivity contribution in [3.8, 4) is 6.07 Å². The van der Waals surface area contributed by atoms with Crippen molar-refractivity contribution in [1.82, 2.24) is 4.57 Å². The number of nitriles is 1. The summed E-state index contributed by atoms with van der Waals surface area (Å²) >= 11 is 0. The summed E-state index contributed by atoms with van der Waals surface area (Å²) in [5.41, 5.74) is -1.95. The summed E-state index contributed by atoms with van der Waals surface area (Å²) in [6.07, 6.45) is 1.40. The number of hydrogen-bond acceptors (Lipinski definition) is 6. The van der Waals surface area contributed by atoms with Gasteiger partial charge in [-0.25, -0.2) is 0 Å². The summed E-state index contributed by atoms with van der Waals surface area (Å²) in [5, 5.41) is 9.30. The van der Waals surface area contributed by atoms with Gasteiger partial charge < -0.3 is 9.47 Å².